The van der Waals surface area contributed by atoms with Gasteiger partial charge in [0.15, 0.2) is 5.82 Å². The van der Waals surface area contributed by atoms with E-state index in [1.54, 1.807) is 6.20 Å². The summed E-state index contributed by atoms with van der Waals surface area (Å²) in [5.74, 6) is 0.109. The third-order valence-corrected chi connectivity index (χ3v) is 11.2. The molecule has 0 saturated heterocycles. The van der Waals surface area contributed by atoms with Gasteiger partial charge in [0, 0.05) is 29.4 Å². The monoisotopic (exact) mass is 569 g/mol. The molecule has 1 aromatic carbocycles. The van der Waals surface area contributed by atoms with E-state index >= 15 is 0 Å². The highest BCUT2D eigenvalue weighted by molar-refractivity contribution is 6.00. The number of anilines is 1. The van der Waals surface area contributed by atoms with Crippen LogP contribution >= 0.6 is 0 Å². The molecule has 10 rings (SSSR count). The molecule has 0 spiro atoms. The number of rotatable bonds is 7. The van der Waals surface area contributed by atoms with E-state index in [1.807, 2.05) is 35.4 Å². The quantitative estimate of drug-likeness (QED) is 0.325. The highest BCUT2D eigenvalue weighted by Gasteiger charge is 2.74. The third kappa shape index (κ3) is 3.62. The molecular formula is C30H31F4N5O2. The average Bonchev–Trinajstić information content (AvgIpc) is 3.33. The number of carbonyl (C=O) groups excluding carboxylic acids is 1. The molecule has 216 valence electrons. The fraction of sp³-hybridized carbons (Fsp3) is 0.600. The van der Waals surface area contributed by atoms with Crippen molar-refractivity contribution in [3.8, 4) is 11.1 Å². The first kappa shape index (κ1) is 25.5. The van der Waals surface area contributed by atoms with E-state index in [4.69, 9.17) is 4.52 Å². The van der Waals surface area contributed by atoms with E-state index in [0.29, 0.717) is 31.6 Å². The number of hydrogen-bond donors (Lipinski definition) is 1. The lowest BCUT2D eigenvalue weighted by molar-refractivity contribution is -0.211. The molecule has 3 aromatic rings. The summed E-state index contributed by atoms with van der Waals surface area (Å²) in [5, 5.41) is 11.0. The van der Waals surface area contributed by atoms with E-state index in [2.05, 4.69) is 20.3 Å². The van der Waals surface area contributed by atoms with E-state index in [9.17, 15) is 22.4 Å². The van der Waals surface area contributed by atoms with Gasteiger partial charge in [-0.15, -0.1) is 0 Å². The Bertz CT molecular complexity index is 1480. The van der Waals surface area contributed by atoms with E-state index in [1.165, 1.54) is 0 Å². The van der Waals surface area contributed by atoms with Crippen molar-refractivity contribution in [1.29, 1.82) is 0 Å². The molecule has 0 aliphatic heterocycles. The van der Waals surface area contributed by atoms with Gasteiger partial charge in [-0.2, -0.15) is 23.3 Å². The fourth-order valence-electron chi connectivity index (χ4n) is 8.27. The highest BCUT2D eigenvalue weighted by Crippen LogP contribution is 2.70. The number of nitrogens with one attached hydrogen (secondary N) is 1. The number of aromatic amines is 1. The maximum Gasteiger partial charge on any atom is 0.403 e. The van der Waals surface area contributed by atoms with Crippen molar-refractivity contribution >= 4 is 11.6 Å². The minimum Gasteiger partial charge on any atom is -0.338 e. The average molecular weight is 570 g/mol. The summed E-state index contributed by atoms with van der Waals surface area (Å²) in [7, 11) is 0. The van der Waals surface area contributed by atoms with Crippen LogP contribution in [0, 0.1) is 10.8 Å². The molecule has 1 N–H and O–H groups in total. The Morgan fingerprint density at radius 1 is 1.00 bits per heavy atom. The molecule has 7 aliphatic carbocycles. The maximum absolute atomic E-state index is 14.5. The maximum atomic E-state index is 14.5. The van der Waals surface area contributed by atoms with Crippen LogP contribution in [-0.2, 0) is 15.6 Å². The van der Waals surface area contributed by atoms with Crippen LogP contribution in [0.25, 0.3) is 11.1 Å². The lowest BCUT2D eigenvalue weighted by Crippen LogP contribution is -2.71. The zero-order chi connectivity index (χ0) is 28.3. The SMILES string of the molecule is O=C(N(CC12CCC(c3noc(C4(C(F)(F)F)CC4)n3)(CC1)CC2)c1cccc(-c2cn[nH]c2)c1)C12CC(F)(C1)C2. The molecule has 2 heterocycles. The van der Waals surface area contributed by atoms with Gasteiger partial charge in [-0.05, 0) is 93.7 Å². The number of carbonyl (C=O) groups is 1. The Morgan fingerprint density at radius 2 is 1.71 bits per heavy atom. The zero-order valence-electron chi connectivity index (χ0n) is 22.6. The Morgan fingerprint density at radius 3 is 2.29 bits per heavy atom. The zero-order valence-corrected chi connectivity index (χ0v) is 22.6. The predicted molar refractivity (Wildman–Crippen MR) is 140 cm³/mol. The van der Waals surface area contributed by atoms with Gasteiger partial charge >= 0.3 is 6.18 Å². The van der Waals surface area contributed by atoms with Gasteiger partial charge in [-0.1, -0.05) is 17.3 Å². The van der Waals surface area contributed by atoms with Gasteiger partial charge < -0.3 is 9.42 Å². The molecule has 4 bridgehead atoms. The first-order valence-corrected chi connectivity index (χ1v) is 14.5. The van der Waals surface area contributed by atoms with Gasteiger partial charge in [0.25, 0.3) is 0 Å². The Kier molecular flexibility index (Phi) is 4.96. The summed E-state index contributed by atoms with van der Waals surface area (Å²) in [6.45, 7) is 0.534. The Balaban J connectivity index is 1.05. The minimum atomic E-state index is -4.39. The van der Waals surface area contributed by atoms with Gasteiger partial charge in [-0.3, -0.25) is 9.89 Å². The lowest BCUT2D eigenvalue weighted by atomic mass is 9.41. The summed E-state index contributed by atoms with van der Waals surface area (Å²) in [5.41, 5.74) is -1.63. The number of aromatic nitrogens is 4. The Hall–Kier alpha value is -3.24. The second kappa shape index (κ2) is 7.98. The van der Waals surface area contributed by atoms with E-state index < -0.39 is 28.1 Å². The van der Waals surface area contributed by atoms with Crippen molar-refractivity contribution in [2.24, 2.45) is 10.8 Å². The molecule has 11 heteroatoms. The van der Waals surface area contributed by atoms with Crippen molar-refractivity contribution in [1.82, 2.24) is 20.3 Å². The van der Waals surface area contributed by atoms with Crippen LogP contribution in [0.15, 0.2) is 41.2 Å². The summed E-state index contributed by atoms with van der Waals surface area (Å²) in [6.07, 6.45) is 4.68. The second-order valence-corrected chi connectivity index (χ2v) is 13.7. The summed E-state index contributed by atoms with van der Waals surface area (Å²) < 4.78 is 60.7. The van der Waals surface area contributed by atoms with E-state index in [-0.39, 0.29) is 30.1 Å². The van der Waals surface area contributed by atoms with Crippen LogP contribution in [0.3, 0.4) is 0 Å². The number of fused-ring (bicyclic) bond motifs is 3. The van der Waals surface area contributed by atoms with Crippen LogP contribution in [0.2, 0.25) is 0 Å². The largest absolute Gasteiger partial charge is 0.403 e. The van der Waals surface area contributed by atoms with Crippen LogP contribution in [0.5, 0.6) is 0 Å². The number of halogens is 4. The molecule has 0 radical (unpaired) electrons. The van der Waals surface area contributed by atoms with Crippen molar-refractivity contribution in [2.45, 2.75) is 93.3 Å². The molecule has 7 fully saturated rings. The third-order valence-electron chi connectivity index (χ3n) is 11.2. The number of H-pyrrole nitrogens is 1. The summed E-state index contributed by atoms with van der Waals surface area (Å²) in [6, 6.07) is 7.86. The standard InChI is InChI=1S/C30H31F4N5O2/c31-28-15-27(16-28,17-28)24(40)39(21-3-1-2-19(12-21)20-13-35-36-14-20)18-25-4-7-26(8-5-25,9-6-25)22-37-23(41-38-22)29(10-11-29)30(32,33)34/h1-3,12-14H,4-11,15-18H2,(H,35,36). The summed E-state index contributed by atoms with van der Waals surface area (Å²) >= 11 is 0. The van der Waals surface area contributed by atoms with Crippen molar-refractivity contribution in [3.63, 3.8) is 0 Å². The molecular weight excluding hydrogens is 538 g/mol. The van der Waals surface area contributed by atoms with Crippen molar-refractivity contribution in [2.75, 3.05) is 11.4 Å². The van der Waals surface area contributed by atoms with Crippen molar-refractivity contribution < 1.29 is 26.9 Å². The second-order valence-electron chi connectivity index (χ2n) is 13.7. The van der Waals surface area contributed by atoms with Gasteiger partial charge in [0.05, 0.1) is 11.6 Å². The van der Waals surface area contributed by atoms with Crippen LogP contribution < -0.4 is 4.90 Å². The normalized spacial score (nSPS) is 34.5. The molecule has 0 unspecified atom stereocenters. The number of amides is 1. The molecule has 7 nitrogen and oxygen atoms in total. The van der Waals surface area contributed by atoms with Crippen LogP contribution in [-0.4, -0.2) is 44.6 Å². The number of alkyl halides is 4. The highest BCUT2D eigenvalue weighted by atomic mass is 19.4. The smallest absolute Gasteiger partial charge is 0.338 e. The van der Waals surface area contributed by atoms with Crippen LogP contribution in [0.4, 0.5) is 23.2 Å². The molecule has 7 aliphatic rings. The number of benzene rings is 1. The number of hydrogen-bond acceptors (Lipinski definition) is 5. The minimum absolute atomic E-state index is 0.00263. The molecule has 7 saturated carbocycles. The first-order valence-electron chi connectivity index (χ1n) is 14.5. The van der Waals surface area contributed by atoms with Crippen molar-refractivity contribution in [3.05, 3.63) is 48.4 Å². The molecule has 0 atom stereocenters. The Labute approximate surface area is 234 Å². The first-order chi connectivity index (χ1) is 19.5. The molecule has 1 amide bonds. The predicted octanol–water partition coefficient (Wildman–Crippen LogP) is 6.57. The van der Waals surface area contributed by atoms with Gasteiger partial charge in [-0.25, -0.2) is 4.39 Å². The molecule has 2 aromatic heterocycles. The fourth-order valence-corrected chi connectivity index (χ4v) is 8.27. The van der Waals surface area contributed by atoms with Gasteiger partial charge in [0.2, 0.25) is 11.8 Å². The lowest BCUT2D eigenvalue weighted by Gasteiger charge is -2.65. The summed E-state index contributed by atoms with van der Waals surface area (Å²) in [4.78, 5) is 20.3. The topological polar surface area (TPSA) is 87.9 Å². The van der Waals surface area contributed by atoms with E-state index in [0.717, 1.165) is 55.3 Å². The number of nitrogens with zero attached hydrogens (tertiary/aromatic N) is 4. The van der Waals surface area contributed by atoms with Crippen LogP contribution in [0.1, 0.15) is 82.3 Å². The molecule has 41 heavy (non-hydrogen) atoms. The van der Waals surface area contributed by atoms with Gasteiger partial charge in [0.1, 0.15) is 11.1 Å².